The lowest BCUT2D eigenvalue weighted by atomic mass is 9.54. The Balaban J connectivity index is 1.71. The summed E-state index contributed by atoms with van der Waals surface area (Å²) >= 11 is 0. The number of amides is 1. The van der Waals surface area contributed by atoms with Crippen molar-refractivity contribution in [2.45, 2.75) is 30.6 Å². The number of carbonyl (C=O) groups excluding carboxylic acids is 3. The fourth-order valence-electron chi connectivity index (χ4n) is 6.56. The number of phenolic OH excluding ortho intramolecular Hbond substituents is 1. The summed E-state index contributed by atoms with van der Waals surface area (Å²) in [5.74, 6) is -10.2. The Kier molecular flexibility index (Phi) is 5.93. The summed E-state index contributed by atoms with van der Waals surface area (Å²) in [7, 11) is 3.11. The molecule has 6 N–H and O–H groups in total. The molecule has 6 atom stereocenters. The highest BCUT2D eigenvalue weighted by Gasteiger charge is 2.67. The molecule has 2 unspecified atom stereocenters. The van der Waals surface area contributed by atoms with Crippen LogP contribution in [-0.2, 0) is 20.8 Å². The maximum Gasteiger partial charge on any atom is 0.230 e. The number of hydrogen-bond acceptors (Lipinski definition) is 8. The molecule has 0 spiro atoms. The number of rotatable bonds is 3. The van der Waals surface area contributed by atoms with Crippen molar-refractivity contribution in [2.75, 3.05) is 14.1 Å². The molecular formula is C27H26F2N2O7. The van der Waals surface area contributed by atoms with Crippen LogP contribution >= 0.6 is 0 Å². The van der Waals surface area contributed by atoms with Crippen LogP contribution in [0.5, 0.6) is 5.75 Å². The molecule has 38 heavy (non-hydrogen) atoms. The van der Waals surface area contributed by atoms with E-state index in [0.29, 0.717) is 11.6 Å². The van der Waals surface area contributed by atoms with Crippen molar-refractivity contribution in [3.05, 3.63) is 58.7 Å². The minimum absolute atomic E-state index is 0.00270. The van der Waals surface area contributed by atoms with E-state index in [1.54, 1.807) is 14.1 Å². The fourth-order valence-corrected chi connectivity index (χ4v) is 6.56. The van der Waals surface area contributed by atoms with E-state index in [9.17, 15) is 43.6 Å². The second kappa shape index (κ2) is 8.69. The van der Waals surface area contributed by atoms with E-state index in [1.165, 1.54) is 23.1 Å². The van der Waals surface area contributed by atoms with E-state index in [1.807, 2.05) is 0 Å². The molecule has 2 fully saturated rings. The Morgan fingerprint density at radius 3 is 2.37 bits per heavy atom. The Morgan fingerprint density at radius 1 is 1.11 bits per heavy atom. The number of ketones is 2. The molecule has 2 aromatic carbocycles. The zero-order valence-corrected chi connectivity index (χ0v) is 20.5. The molecule has 200 valence electrons. The van der Waals surface area contributed by atoms with Crippen molar-refractivity contribution >= 4 is 23.2 Å². The van der Waals surface area contributed by atoms with Gasteiger partial charge >= 0.3 is 0 Å². The molecule has 2 saturated carbocycles. The third kappa shape index (κ3) is 3.42. The number of nitrogens with two attached hydrogens (primary N) is 1. The van der Waals surface area contributed by atoms with Gasteiger partial charge < -0.3 is 31.1 Å². The van der Waals surface area contributed by atoms with Gasteiger partial charge in [-0.05, 0) is 62.2 Å². The summed E-state index contributed by atoms with van der Waals surface area (Å²) in [5.41, 5.74) is 2.67. The Bertz CT molecular complexity index is 1440. The molecule has 3 aliphatic carbocycles. The number of aliphatic hydroxyl groups is 3. The van der Waals surface area contributed by atoms with Crippen molar-refractivity contribution in [3.8, 4) is 16.9 Å². The van der Waals surface area contributed by atoms with Crippen LogP contribution in [-0.4, -0.2) is 74.6 Å². The quantitative estimate of drug-likeness (QED) is 0.370. The molecule has 0 heterocycles. The molecular weight excluding hydrogens is 502 g/mol. The number of aliphatic hydroxyl groups excluding tert-OH is 2. The maximum atomic E-state index is 14.7. The number of hydrogen-bond donors (Lipinski definition) is 5. The Morgan fingerprint density at radius 2 is 1.76 bits per heavy atom. The molecule has 0 radical (unpaired) electrons. The van der Waals surface area contributed by atoms with Gasteiger partial charge in [0.1, 0.15) is 29.1 Å². The van der Waals surface area contributed by atoms with E-state index in [2.05, 4.69) is 0 Å². The Hall–Kier alpha value is -3.67. The molecule has 9 nitrogen and oxygen atoms in total. The van der Waals surface area contributed by atoms with Gasteiger partial charge in [-0.25, -0.2) is 8.78 Å². The molecule has 0 aromatic heterocycles. The van der Waals surface area contributed by atoms with Crippen LogP contribution in [0.1, 0.15) is 17.5 Å². The third-order valence-corrected chi connectivity index (χ3v) is 8.19. The number of aromatic hydroxyl groups is 1. The van der Waals surface area contributed by atoms with Gasteiger partial charge in [-0.15, -0.1) is 0 Å². The van der Waals surface area contributed by atoms with Crippen LogP contribution < -0.4 is 5.73 Å². The SMILES string of the molecule is CN(C)[C@@H]1C(O)C(C(N)=O)C(=O)[C@@]2(O)C(=O)C3=C(O)c4c(O)ccc(-c5ccc(F)cc5F)c4C[C@H]3C[C@@H]12. The van der Waals surface area contributed by atoms with Crippen molar-refractivity contribution in [1.29, 1.82) is 0 Å². The second-order valence-electron chi connectivity index (χ2n) is 10.4. The molecule has 5 rings (SSSR count). The molecule has 1 amide bonds. The molecule has 11 heteroatoms. The predicted molar refractivity (Wildman–Crippen MR) is 129 cm³/mol. The van der Waals surface area contributed by atoms with Gasteiger partial charge in [0, 0.05) is 29.2 Å². The van der Waals surface area contributed by atoms with Crippen molar-refractivity contribution in [3.63, 3.8) is 0 Å². The number of benzene rings is 2. The second-order valence-corrected chi connectivity index (χ2v) is 10.4. The van der Waals surface area contributed by atoms with Gasteiger partial charge in [0.25, 0.3) is 0 Å². The summed E-state index contributed by atoms with van der Waals surface area (Å²) < 4.78 is 28.3. The first kappa shape index (κ1) is 26.0. The van der Waals surface area contributed by atoms with Crippen molar-refractivity contribution < 1.29 is 43.6 Å². The van der Waals surface area contributed by atoms with Crippen LogP contribution in [0.2, 0.25) is 0 Å². The minimum Gasteiger partial charge on any atom is -0.507 e. The topological polar surface area (TPSA) is 161 Å². The number of halogens is 2. The van der Waals surface area contributed by atoms with E-state index in [-0.39, 0.29) is 35.1 Å². The number of likely N-dealkylation sites (N-methyl/N-ethyl adjacent to an activating group) is 1. The van der Waals surface area contributed by atoms with Crippen LogP contribution in [0, 0.1) is 29.4 Å². The predicted octanol–water partition coefficient (Wildman–Crippen LogP) is 1.07. The fraction of sp³-hybridized carbons (Fsp3) is 0.370. The monoisotopic (exact) mass is 528 g/mol. The van der Waals surface area contributed by atoms with Crippen molar-refractivity contribution in [1.82, 2.24) is 4.90 Å². The Labute approximate surface area is 215 Å². The highest BCUT2D eigenvalue weighted by Crippen LogP contribution is 2.53. The van der Waals surface area contributed by atoms with Crippen LogP contribution in [0.4, 0.5) is 8.78 Å². The summed E-state index contributed by atoms with van der Waals surface area (Å²) in [4.78, 5) is 40.7. The van der Waals surface area contributed by atoms with Gasteiger partial charge in [0.15, 0.2) is 11.4 Å². The maximum absolute atomic E-state index is 14.7. The van der Waals surface area contributed by atoms with E-state index < -0.39 is 76.1 Å². The standard InChI is InChI=1S/C27H26F2N2O7/c1-31(2)21-15-8-10-7-14-12(13-4-3-11(28)9-16(13)29)5-6-17(32)19(14)22(33)18(10)24(35)27(15,38)25(36)20(23(21)34)26(30)37/h3-6,9-10,15,20-21,23,32-34,38H,7-8H2,1-2H3,(H2,30,37)/t10-,15-,20?,21-,23?,27-/m0/s1. The molecule has 0 saturated heterocycles. The lowest BCUT2D eigenvalue weighted by molar-refractivity contribution is -0.184. The van der Waals surface area contributed by atoms with Gasteiger partial charge in [0.05, 0.1) is 11.7 Å². The minimum atomic E-state index is -2.76. The normalized spacial score (nSPS) is 30.7. The zero-order chi connectivity index (χ0) is 27.8. The molecule has 3 aliphatic rings. The van der Waals surface area contributed by atoms with E-state index in [4.69, 9.17) is 5.73 Å². The third-order valence-electron chi connectivity index (χ3n) is 8.19. The summed E-state index contributed by atoms with van der Waals surface area (Å²) in [5, 5.41) is 44.4. The highest BCUT2D eigenvalue weighted by molar-refractivity contribution is 6.25. The first-order valence-corrected chi connectivity index (χ1v) is 12.0. The number of nitrogens with zero attached hydrogens (tertiary/aromatic N) is 1. The van der Waals surface area contributed by atoms with Gasteiger partial charge in [-0.3, -0.25) is 14.4 Å². The van der Waals surface area contributed by atoms with Crippen LogP contribution in [0.3, 0.4) is 0 Å². The lowest BCUT2D eigenvalue weighted by Crippen LogP contribution is -2.73. The van der Waals surface area contributed by atoms with Gasteiger partial charge in [0.2, 0.25) is 11.7 Å². The highest BCUT2D eigenvalue weighted by atomic mass is 19.1. The largest absolute Gasteiger partial charge is 0.507 e. The number of phenols is 1. The lowest BCUT2D eigenvalue weighted by Gasteiger charge is -2.53. The zero-order valence-electron chi connectivity index (χ0n) is 20.5. The van der Waals surface area contributed by atoms with Crippen LogP contribution in [0.15, 0.2) is 35.9 Å². The number of fused-ring (bicyclic) bond motifs is 3. The molecule has 2 aromatic rings. The number of carbonyl (C=O) groups is 3. The van der Waals surface area contributed by atoms with Gasteiger partial charge in [-0.2, -0.15) is 0 Å². The first-order valence-electron chi connectivity index (χ1n) is 12.0. The van der Waals surface area contributed by atoms with E-state index in [0.717, 1.165) is 6.07 Å². The van der Waals surface area contributed by atoms with Crippen LogP contribution in [0.25, 0.3) is 16.9 Å². The summed E-state index contributed by atoms with van der Waals surface area (Å²) in [6.45, 7) is 0. The molecule has 0 bridgehead atoms. The average molecular weight is 529 g/mol. The van der Waals surface area contributed by atoms with Gasteiger partial charge in [-0.1, -0.05) is 6.07 Å². The molecule has 0 aliphatic heterocycles. The van der Waals surface area contributed by atoms with E-state index >= 15 is 0 Å². The first-order chi connectivity index (χ1) is 17.8. The average Bonchev–Trinajstić information content (AvgIpc) is 2.81. The number of Topliss-reactive ketones (excluding diaryl/α,β-unsaturated/α-hetero) is 2. The van der Waals surface area contributed by atoms with Crippen molar-refractivity contribution in [2.24, 2.45) is 23.5 Å². The smallest absolute Gasteiger partial charge is 0.230 e. The summed E-state index contributed by atoms with van der Waals surface area (Å²) in [6, 6.07) is 4.57. The summed E-state index contributed by atoms with van der Waals surface area (Å²) in [6.07, 6.45) is -1.67. The number of primary amides is 1.